The number of likely N-dealkylation sites (tertiary alicyclic amines) is 2. The summed E-state index contributed by atoms with van der Waals surface area (Å²) in [5.41, 5.74) is 1.32. The van der Waals surface area contributed by atoms with Crippen molar-refractivity contribution in [1.82, 2.24) is 14.7 Å². The van der Waals surface area contributed by atoms with Crippen molar-refractivity contribution in [1.29, 1.82) is 0 Å². The van der Waals surface area contributed by atoms with E-state index in [4.69, 9.17) is 4.74 Å². The Morgan fingerprint density at radius 3 is 2.56 bits per heavy atom. The summed E-state index contributed by atoms with van der Waals surface area (Å²) in [6, 6.07) is 9.28. The second-order valence-electron chi connectivity index (χ2n) is 10.6. The lowest BCUT2D eigenvalue weighted by Gasteiger charge is -2.35. The number of hydrogen-bond donors (Lipinski definition) is 0. The van der Waals surface area contributed by atoms with E-state index in [1.165, 1.54) is 57.2 Å². The van der Waals surface area contributed by atoms with Gasteiger partial charge in [0.2, 0.25) is 5.91 Å². The second-order valence-corrected chi connectivity index (χ2v) is 10.6. The van der Waals surface area contributed by atoms with Crippen LogP contribution in [0.25, 0.3) is 0 Å². The van der Waals surface area contributed by atoms with Crippen molar-refractivity contribution in [3.8, 4) is 5.75 Å². The standard InChI is InChI=1S/C27H43N3O2/c1-28-15-12-25(13-16-28)29(2)19-23-9-5-11-26(17-23)32-21-24-10-6-14-30(20-24)27(31)18-22-7-3-4-8-22/h5,9,11,17,22,24-25H,3-4,6-8,10,12-16,18-21H2,1-2H3/t24-/m0/s1. The number of carbonyl (C=O) groups is 1. The molecule has 0 spiro atoms. The monoisotopic (exact) mass is 441 g/mol. The molecule has 0 unspecified atom stereocenters. The van der Waals surface area contributed by atoms with E-state index in [0.29, 0.717) is 30.4 Å². The topological polar surface area (TPSA) is 36.0 Å². The molecule has 0 radical (unpaired) electrons. The van der Waals surface area contributed by atoms with Gasteiger partial charge in [0.25, 0.3) is 0 Å². The van der Waals surface area contributed by atoms with Crippen molar-refractivity contribution in [3.05, 3.63) is 29.8 Å². The first-order valence-electron chi connectivity index (χ1n) is 12.9. The van der Waals surface area contributed by atoms with Gasteiger partial charge < -0.3 is 14.5 Å². The lowest BCUT2D eigenvalue weighted by Crippen LogP contribution is -2.42. The fourth-order valence-corrected chi connectivity index (χ4v) is 5.82. The third-order valence-electron chi connectivity index (χ3n) is 7.94. The molecule has 1 saturated carbocycles. The maximum Gasteiger partial charge on any atom is 0.222 e. The molecule has 2 saturated heterocycles. The van der Waals surface area contributed by atoms with Crippen molar-refractivity contribution in [3.63, 3.8) is 0 Å². The molecule has 1 aromatic rings. The lowest BCUT2D eigenvalue weighted by molar-refractivity contribution is -0.134. The van der Waals surface area contributed by atoms with Gasteiger partial charge in [0.15, 0.2) is 0 Å². The summed E-state index contributed by atoms with van der Waals surface area (Å²) in [5.74, 6) is 2.42. The molecular weight excluding hydrogens is 398 g/mol. The maximum atomic E-state index is 12.7. The van der Waals surface area contributed by atoms with Crippen LogP contribution in [0, 0.1) is 11.8 Å². The van der Waals surface area contributed by atoms with Crippen molar-refractivity contribution in [2.24, 2.45) is 11.8 Å². The molecule has 3 fully saturated rings. The first-order chi connectivity index (χ1) is 15.6. The number of nitrogens with zero attached hydrogens (tertiary/aromatic N) is 3. The van der Waals surface area contributed by atoms with Crippen LogP contribution in [0.3, 0.4) is 0 Å². The Morgan fingerprint density at radius 2 is 1.78 bits per heavy atom. The molecule has 1 aliphatic carbocycles. The van der Waals surface area contributed by atoms with Crippen molar-refractivity contribution in [2.45, 2.75) is 70.4 Å². The molecule has 0 bridgehead atoms. The van der Waals surface area contributed by atoms with Crippen LogP contribution in [0.2, 0.25) is 0 Å². The van der Waals surface area contributed by atoms with Crippen LogP contribution in [-0.2, 0) is 11.3 Å². The number of carbonyl (C=O) groups excluding carboxylic acids is 1. The van der Waals surface area contributed by atoms with Crippen molar-refractivity contribution >= 4 is 5.91 Å². The van der Waals surface area contributed by atoms with Gasteiger partial charge in [0.1, 0.15) is 5.75 Å². The quantitative estimate of drug-likeness (QED) is 0.599. The Labute approximate surface area is 195 Å². The summed E-state index contributed by atoms with van der Waals surface area (Å²) < 4.78 is 6.23. The Kier molecular flexibility index (Phi) is 8.48. The molecular formula is C27H43N3O2. The zero-order valence-corrected chi connectivity index (χ0v) is 20.3. The number of ether oxygens (including phenoxy) is 1. The number of hydrogen-bond acceptors (Lipinski definition) is 4. The molecule has 1 atom stereocenters. The molecule has 1 aromatic carbocycles. The summed E-state index contributed by atoms with van der Waals surface area (Å²) in [7, 11) is 4.47. The van der Waals surface area contributed by atoms with Crippen LogP contribution in [-0.4, -0.2) is 73.5 Å². The van der Waals surface area contributed by atoms with E-state index in [1.807, 2.05) is 0 Å². The van der Waals surface area contributed by atoms with Crippen molar-refractivity contribution < 1.29 is 9.53 Å². The van der Waals surface area contributed by atoms with Crippen molar-refractivity contribution in [2.75, 3.05) is 46.9 Å². The highest BCUT2D eigenvalue weighted by Crippen LogP contribution is 2.29. The van der Waals surface area contributed by atoms with Gasteiger partial charge in [-0.1, -0.05) is 25.0 Å². The average molecular weight is 442 g/mol. The molecule has 5 nitrogen and oxygen atoms in total. The first-order valence-corrected chi connectivity index (χ1v) is 12.9. The lowest BCUT2D eigenvalue weighted by atomic mass is 9.97. The van der Waals surface area contributed by atoms with Gasteiger partial charge in [-0.3, -0.25) is 9.69 Å². The van der Waals surface area contributed by atoms with Gasteiger partial charge in [-0.15, -0.1) is 0 Å². The average Bonchev–Trinajstić information content (AvgIpc) is 3.31. The predicted molar refractivity (Wildman–Crippen MR) is 130 cm³/mol. The number of amides is 1. The van der Waals surface area contributed by atoms with Gasteiger partial charge in [-0.2, -0.15) is 0 Å². The second kappa shape index (κ2) is 11.5. The van der Waals surface area contributed by atoms with Gasteiger partial charge in [0, 0.05) is 38.0 Å². The normalized spacial score (nSPS) is 23.7. The highest BCUT2D eigenvalue weighted by atomic mass is 16.5. The zero-order valence-electron chi connectivity index (χ0n) is 20.3. The molecule has 32 heavy (non-hydrogen) atoms. The largest absolute Gasteiger partial charge is 0.493 e. The third-order valence-corrected chi connectivity index (χ3v) is 7.94. The van der Waals surface area contributed by atoms with E-state index in [2.05, 4.69) is 53.1 Å². The molecule has 0 N–H and O–H groups in total. The van der Waals surface area contributed by atoms with Crippen LogP contribution in [0.4, 0.5) is 0 Å². The molecule has 3 aliphatic rings. The Balaban J connectivity index is 1.23. The Hall–Kier alpha value is -1.59. The van der Waals surface area contributed by atoms with Crippen LogP contribution in [0.1, 0.15) is 63.4 Å². The maximum absolute atomic E-state index is 12.7. The molecule has 1 amide bonds. The first kappa shape index (κ1) is 23.6. The van der Waals surface area contributed by atoms with Gasteiger partial charge in [-0.25, -0.2) is 0 Å². The van der Waals surface area contributed by atoms with Gasteiger partial charge in [0.05, 0.1) is 6.61 Å². The number of rotatable bonds is 8. The fourth-order valence-electron chi connectivity index (χ4n) is 5.82. The Morgan fingerprint density at radius 1 is 1.03 bits per heavy atom. The van der Waals surface area contributed by atoms with E-state index in [9.17, 15) is 4.79 Å². The van der Waals surface area contributed by atoms with E-state index >= 15 is 0 Å². The zero-order chi connectivity index (χ0) is 22.3. The smallest absolute Gasteiger partial charge is 0.222 e. The highest BCUT2D eigenvalue weighted by Gasteiger charge is 2.27. The summed E-state index contributed by atoms with van der Waals surface area (Å²) in [6.45, 7) is 5.87. The van der Waals surface area contributed by atoms with Crippen LogP contribution < -0.4 is 4.74 Å². The molecule has 2 heterocycles. The molecule has 5 heteroatoms. The fraction of sp³-hybridized carbons (Fsp3) is 0.741. The summed E-state index contributed by atoms with van der Waals surface area (Å²) in [4.78, 5) is 19.8. The van der Waals surface area contributed by atoms with Gasteiger partial charge >= 0.3 is 0 Å². The van der Waals surface area contributed by atoms with Crippen LogP contribution in [0.5, 0.6) is 5.75 Å². The Bertz CT molecular complexity index is 725. The minimum absolute atomic E-state index is 0.376. The predicted octanol–water partition coefficient (Wildman–Crippen LogP) is 4.41. The van der Waals surface area contributed by atoms with E-state index in [-0.39, 0.29) is 0 Å². The summed E-state index contributed by atoms with van der Waals surface area (Å²) in [6.07, 6.45) is 10.6. The minimum Gasteiger partial charge on any atom is -0.493 e. The highest BCUT2D eigenvalue weighted by molar-refractivity contribution is 5.76. The number of benzene rings is 1. The summed E-state index contributed by atoms with van der Waals surface area (Å²) >= 11 is 0. The third kappa shape index (κ3) is 6.71. The van der Waals surface area contributed by atoms with E-state index < -0.39 is 0 Å². The molecule has 4 rings (SSSR count). The van der Waals surface area contributed by atoms with E-state index in [1.54, 1.807) is 0 Å². The molecule has 0 aromatic heterocycles. The molecule has 178 valence electrons. The molecule has 2 aliphatic heterocycles. The van der Waals surface area contributed by atoms with Crippen LogP contribution in [0.15, 0.2) is 24.3 Å². The van der Waals surface area contributed by atoms with Gasteiger partial charge in [-0.05, 0) is 89.3 Å². The van der Waals surface area contributed by atoms with Crippen LogP contribution >= 0.6 is 0 Å². The van der Waals surface area contributed by atoms with E-state index in [0.717, 1.165) is 44.6 Å². The summed E-state index contributed by atoms with van der Waals surface area (Å²) in [5, 5.41) is 0. The SMILES string of the molecule is CN1CCC(N(C)Cc2cccc(OC[C@H]3CCCN(C(=O)CC4CCCC4)C3)c2)CC1. The minimum atomic E-state index is 0.376. The number of piperidine rings is 2.